The molecule has 0 bridgehead atoms. The molecule has 0 atom stereocenters. The summed E-state index contributed by atoms with van der Waals surface area (Å²) in [6.45, 7) is 1.66. The van der Waals surface area contributed by atoms with Gasteiger partial charge in [0.1, 0.15) is 0 Å². The van der Waals surface area contributed by atoms with Gasteiger partial charge in [0.25, 0.3) is 0 Å². The van der Waals surface area contributed by atoms with Gasteiger partial charge in [-0.05, 0) is 5.41 Å². The molecule has 1 aliphatic heterocycles. The fraction of sp³-hybridized carbons (Fsp3) is 0.667. The molecule has 0 saturated carbocycles. The van der Waals surface area contributed by atoms with Crippen LogP contribution in [-0.2, 0) is 14.4 Å². The van der Waals surface area contributed by atoms with Crippen LogP contribution in [0.5, 0.6) is 0 Å². The Bertz CT molecular complexity index is 279. The van der Waals surface area contributed by atoms with Crippen LogP contribution in [0, 0.1) is 5.41 Å². The molecule has 0 aromatic heterocycles. The van der Waals surface area contributed by atoms with Gasteiger partial charge in [-0.15, -0.1) is 0 Å². The first kappa shape index (κ1) is 10.7. The maximum atomic E-state index is 11.3. The van der Waals surface area contributed by atoms with E-state index in [2.05, 4.69) is 0 Å². The number of aliphatic carboxylic acids is 1. The zero-order valence-corrected chi connectivity index (χ0v) is 8.24. The molecule has 78 valence electrons. The highest BCUT2D eigenvalue weighted by atomic mass is 16.4. The molecule has 2 amide bonds. The number of carboxylic acid groups (broad SMARTS) is 1. The van der Waals surface area contributed by atoms with Gasteiger partial charge in [0.2, 0.25) is 11.8 Å². The zero-order chi connectivity index (χ0) is 10.9. The summed E-state index contributed by atoms with van der Waals surface area (Å²) < 4.78 is 0. The topological polar surface area (TPSA) is 74.7 Å². The molecule has 0 spiro atoms. The SMILES string of the molecule is CN1C(=O)CC(C)(CC(=O)O)CC1=O. The highest BCUT2D eigenvalue weighted by Gasteiger charge is 2.40. The summed E-state index contributed by atoms with van der Waals surface area (Å²) >= 11 is 0. The van der Waals surface area contributed by atoms with E-state index in [4.69, 9.17) is 5.11 Å². The van der Waals surface area contributed by atoms with Gasteiger partial charge in [-0.2, -0.15) is 0 Å². The van der Waals surface area contributed by atoms with Gasteiger partial charge in [0.05, 0.1) is 6.42 Å². The third-order valence-corrected chi connectivity index (χ3v) is 2.48. The Morgan fingerprint density at radius 1 is 1.43 bits per heavy atom. The molecule has 0 aliphatic carbocycles. The number of hydrogen-bond acceptors (Lipinski definition) is 3. The predicted molar refractivity (Wildman–Crippen MR) is 47.4 cm³/mol. The van der Waals surface area contributed by atoms with Crippen molar-refractivity contribution in [1.29, 1.82) is 0 Å². The molecule has 0 unspecified atom stereocenters. The number of carboxylic acids is 1. The lowest BCUT2D eigenvalue weighted by molar-refractivity contribution is -0.153. The molecule has 1 rings (SSSR count). The molecule has 14 heavy (non-hydrogen) atoms. The molecule has 1 aliphatic rings. The van der Waals surface area contributed by atoms with E-state index in [1.54, 1.807) is 6.92 Å². The summed E-state index contributed by atoms with van der Waals surface area (Å²) in [6, 6.07) is 0. The predicted octanol–water partition coefficient (Wildman–Crippen LogP) is 0.246. The number of carbonyl (C=O) groups is 3. The monoisotopic (exact) mass is 199 g/mol. The first-order chi connectivity index (χ1) is 6.34. The van der Waals surface area contributed by atoms with Crippen molar-refractivity contribution in [1.82, 2.24) is 4.90 Å². The Hall–Kier alpha value is -1.39. The van der Waals surface area contributed by atoms with Crippen LogP contribution in [0.15, 0.2) is 0 Å². The molecule has 5 nitrogen and oxygen atoms in total. The smallest absolute Gasteiger partial charge is 0.303 e. The van der Waals surface area contributed by atoms with Crippen molar-refractivity contribution in [2.45, 2.75) is 26.2 Å². The van der Waals surface area contributed by atoms with Crippen molar-refractivity contribution in [2.24, 2.45) is 5.41 Å². The van der Waals surface area contributed by atoms with E-state index in [9.17, 15) is 14.4 Å². The number of piperidine rings is 1. The van der Waals surface area contributed by atoms with Gasteiger partial charge in [-0.3, -0.25) is 19.3 Å². The van der Waals surface area contributed by atoms with Crippen LogP contribution in [0.4, 0.5) is 0 Å². The Labute approximate surface area is 81.7 Å². The van der Waals surface area contributed by atoms with Crippen LogP contribution in [0.25, 0.3) is 0 Å². The molecule has 0 aromatic carbocycles. The fourth-order valence-corrected chi connectivity index (χ4v) is 1.66. The number of nitrogens with zero attached hydrogens (tertiary/aromatic N) is 1. The van der Waals surface area contributed by atoms with E-state index >= 15 is 0 Å². The summed E-state index contributed by atoms with van der Waals surface area (Å²) in [5.74, 6) is -1.58. The van der Waals surface area contributed by atoms with Gasteiger partial charge in [-0.1, -0.05) is 6.92 Å². The highest BCUT2D eigenvalue weighted by molar-refractivity contribution is 5.98. The maximum Gasteiger partial charge on any atom is 0.303 e. The number of likely N-dealkylation sites (tertiary alicyclic amines) is 1. The molecule has 0 aromatic rings. The quantitative estimate of drug-likeness (QED) is 0.647. The number of amides is 2. The van der Waals surface area contributed by atoms with Gasteiger partial charge >= 0.3 is 5.97 Å². The highest BCUT2D eigenvalue weighted by Crippen LogP contribution is 2.35. The summed E-state index contributed by atoms with van der Waals surface area (Å²) in [7, 11) is 1.42. The van der Waals surface area contributed by atoms with E-state index < -0.39 is 11.4 Å². The molecule has 5 heteroatoms. The standard InChI is InChI=1S/C9H13NO4/c1-9(5-8(13)14)3-6(11)10(2)7(12)4-9/h3-5H2,1-2H3,(H,13,14). The Balaban J connectivity index is 2.79. The van der Waals surface area contributed by atoms with Crippen LogP contribution in [0.3, 0.4) is 0 Å². The second-order valence-corrected chi connectivity index (χ2v) is 4.08. The van der Waals surface area contributed by atoms with Gasteiger partial charge < -0.3 is 5.11 Å². The largest absolute Gasteiger partial charge is 0.481 e. The van der Waals surface area contributed by atoms with E-state index in [1.165, 1.54) is 7.05 Å². The van der Waals surface area contributed by atoms with Crippen LogP contribution in [0.2, 0.25) is 0 Å². The Morgan fingerprint density at radius 2 is 1.86 bits per heavy atom. The molecule has 1 saturated heterocycles. The van der Waals surface area contributed by atoms with Gasteiger partial charge in [0, 0.05) is 19.9 Å². The summed E-state index contributed by atoms with van der Waals surface area (Å²) in [5, 5.41) is 8.63. The van der Waals surface area contributed by atoms with Crippen molar-refractivity contribution in [3.8, 4) is 0 Å². The number of hydrogen-bond donors (Lipinski definition) is 1. The van der Waals surface area contributed by atoms with E-state index in [0.717, 1.165) is 4.90 Å². The summed E-state index contributed by atoms with van der Waals surface area (Å²) in [4.78, 5) is 34.2. The lowest BCUT2D eigenvalue weighted by atomic mass is 9.77. The van der Waals surface area contributed by atoms with Crippen molar-refractivity contribution in [3.63, 3.8) is 0 Å². The second-order valence-electron chi connectivity index (χ2n) is 4.08. The van der Waals surface area contributed by atoms with Crippen molar-refractivity contribution in [3.05, 3.63) is 0 Å². The van der Waals surface area contributed by atoms with E-state index in [-0.39, 0.29) is 31.1 Å². The Kier molecular flexibility index (Phi) is 2.59. The second kappa shape index (κ2) is 3.40. The van der Waals surface area contributed by atoms with Gasteiger partial charge in [-0.25, -0.2) is 0 Å². The average molecular weight is 199 g/mol. The third-order valence-electron chi connectivity index (χ3n) is 2.48. The number of carbonyl (C=O) groups excluding carboxylic acids is 2. The normalized spacial score (nSPS) is 21.1. The van der Waals surface area contributed by atoms with Crippen LogP contribution in [0.1, 0.15) is 26.2 Å². The number of rotatable bonds is 2. The lowest BCUT2D eigenvalue weighted by Gasteiger charge is -2.34. The molecule has 0 radical (unpaired) electrons. The molecule has 1 fully saturated rings. The summed E-state index contributed by atoms with van der Waals surface area (Å²) in [5.41, 5.74) is -0.716. The van der Waals surface area contributed by atoms with Crippen molar-refractivity contribution >= 4 is 17.8 Å². The first-order valence-corrected chi connectivity index (χ1v) is 4.35. The molecular weight excluding hydrogens is 186 g/mol. The minimum absolute atomic E-state index is 0.127. The minimum Gasteiger partial charge on any atom is -0.481 e. The first-order valence-electron chi connectivity index (χ1n) is 4.35. The third kappa shape index (κ3) is 2.10. The lowest BCUT2D eigenvalue weighted by Crippen LogP contribution is -2.45. The molecule has 1 N–H and O–H groups in total. The number of imide groups is 1. The maximum absolute atomic E-state index is 11.3. The minimum atomic E-state index is -0.974. The Morgan fingerprint density at radius 3 is 2.21 bits per heavy atom. The van der Waals surface area contributed by atoms with Crippen LogP contribution >= 0.6 is 0 Å². The fourth-order valence-electron chi connectivity index (χ4n) is 1.66. The average Bonchev–Trinajstić information content (AvgIpc) is 1.97. The van der Waals surface area contributed by atoms with Crippen LogP contribution in [-0.4, -0.2) is 34.8 Å². The zero-order valence-electron chi connectivity index (χ0n) is 8.24. The van der Waals surface area contributed by atoms with Crippen molar-refractivity contribution < 1.29 is 19.5 Å². The molecular formula is C9H13NO4. The summed E-state index contributed by atoms with van der Waals surface area (Å²) in [6.07, 6.45) is 0.112. The van der Waals surface area contributed by atoms with E-state index in [1.807, 2.05) is 0 Å². The van der Waals surface area contributed by atoms with E-state index in [0.29, 0.717) is 0 Å². The van der Waals surface area contributed by atoms with Gasteiger partial charge in [0.15, 0.2) is 0 Å². The van der Waals surface area contributed by atoms with Crippen molar-refractivity contribution in [2.75, 3.05) is 7.05 Å². The molecule has 1 heterocycles. The van der Waals surface area contributed by atoms with Crippen LogP contribution < -0.4 is 0 Å².